The minimum atomic E-state index is -0.942. The van der Waals surface area contributed by atoms with Gasteiger partial charge in [0.05, 0.1) is 6.04 Å². The number of amides is 1. The standard InChI is InChI=1S/C14H16N2O3/c17-13(10-5-3-7-15-10)16-11-6-2-1-4-9(11)8-12(16)14(18)19/h1-2,4,6,10,12,15H,3,5,7-8H2,(H,18,19)/t10-,12+/m1/s1. The van der Waals surface area contributed by atoms with E-state index in [-0.39, 0.29) is 11.9 Å². The maximum Gasteiger partial charge on any atom is 0.327 e. The molecule has 0 bridgehead atoms. The number of carbonyl (C=O) groups is 2. The Kier molecular flexibility index (Phi) is 2.98. The molecule has 1 aromatic rings. The van der Waals surface area contributed by atoms with Crippen LogP contribution in [0.3, 0.4) is 0 Å². The summed E-state index contributed by atoms with van der Waals surface area (Å²) in [5, 5.41) is 12.5. The largest absolute Gasteiger partial charge is 0.480 e. The maximum atomic E-state index is 12.5. The molecule has 0 radical (unpaired) electrons. The van der Waals surface area contributed by atoms with Crippen LogP contribution >= 0.6 is 0 Å². The van der Waals surface area contributed by atoms with Crippen molar-refractivity contribution in [2.75, 3.05) is 11.4 Å². The molecule has 0 spiro atoms. The van der Waals surface area contributed by atoms with E-state index in [2.05, 4.69) is 5.32 Å². The van der Waals surface area contributed by atoms with Crippen LogP contribution in [0.2, 0.25) is 0 Å². The number of hydrogen-bond acceptors (Lipinski definition) is 3. The molecule has 0 aromatic heterocycles. The number of carbonyl (C=O) groups excluding carboxylic acids is 1. The van der Waals surface area contributed by atoms with Crippen molar-refractivity contribution >= 4 is 17.6 Å². The number of nitrogens with zero attached hydrogens (tertiary/aromatic N) is 1. The number of para-hydroxylation sites is 1. The molecule has 0 aliphatic carbocycles. The molecule has 1 amide bonds. The first kappa shape index (κ1) is 12.2. The van der Waals surface area contributed by atoms with E-state index >= 15 is 0 Å². The normalized spacial score (nSPS) is 25.4. The fourth-order valence-corrected chi connectivity index (χ4v) is 2.92. The summed E-state index contributed by atoms with van der Waals surface area (Å²) < 4.78 is 0. The van der Waals surface area contributed by atoms with Crippen molar-refractivity contribution in [3.63, 3.8) is 0 Å². The van der Waals surface area contributed by atoms with Gasteiger partial charge in [-0.2, -0.15) is 0 Å². The number of benzene rings is 1. The highest BCUT2D eigenvalue weighted by molar-refractivity contribution is 6.04. The summed E-state index contributed by atoms with van der Waals surface area (Å²) in [6, 6.07) is 6.41. The quantitative estimate of drug-likeness (QED) is 0.824. The average Bonchev–Trinajstić information content (AvgIpc) is 3.05. The SMILES string of the molecule is O=C(O)[C@@H]1Cc2ccccc2N1C(=O)[C@H]1CCCN1. The molecule has 5 nitrogen and oxygen atoms in total. The number of rotatable bonds is 2. The molecule has 1 fully saturated rings. The van der Waals surface area contributed by atoms with Gasteiger partial charge in [0.25, 0.3) is 0 Å². The van der Waals surface area contributed by atoms with Gasteiger partial charge in [0.2, 0.25) is 5.91 Å². The van der Waals surface area contributed by atoms with E-state index in [4.69, 9.17) is 0 Å². The minimum Gasteiger partial charge on any atom is -0.480 e. The Hall–Kier alpha value is -1.88. The van der Waals surface area contributed by atoms with Crippen LogP contribution in [0.4, 0.5) is 5.69 Å². The number of fused-ring (bicyclic) bond motifs is 1. The predicted molar refractivity (Wildman–Crippen MR) is 70.1 cm³/mol. The summed E-state index contributed by atoms with van der Waals surface area (Å²) in [6.07, 6.45) is 2.14. The zero-order valence-electron chi connectivity index (χ0n) is 10.5. The lowest BCUT2D eigenvalue weighted by molar-refractivity contribution is -0.140. The number of carboxylic acids is 1. The fourth-order valence-electron chi connectivity index (χ4n) is 2.92. The summed E-state index contributed by atoms with van der Waals surface area (Å²) in [5.41, 5.74) is 1.68. The molecule has 1 aromatic carbocycles. The van der Waals surface area contributed by atoms with E-state index < -0.39 is 12.0 Å². The monoisotopic (exact) mass is 260 g/mol. The van der Waals surface area contributed by atoms with Gasteiger partial charge < -0.3 is 10.4 Å². The summed E-state index contributed by atoms with van der Waals surface area (Å²) in [7, 11) is 0. The first-order valence-electron chi connectivity index (χ1n) is 6.55. The zero-order chi connectivity index (χ0) is 13.4. The Labute approximate surface area is 111 Å². The average molecular weight is 260 g/mol. The van der Waals surface area contributed by atoms with Crippen molar-refractivity contribution < 1.29 is 14.7 Å². The molecule has 2 heterocycles. The van der Waals surface area contributed by atoms with Gasteiger partial charge in [-0.1, -0.05) is 18.2 Å². The van der Waals surface area contributed by atoms with Crippen LogP contribution in [-0.4, -0.2) is 35.6 Å². The fraction of sp³-hybridized carbons (Fsp3) is 0.429. The topological polar surface area (TPSA) is 69.6 Å². The smallest absolute Gasteiger partial charge is 0.327 e. The van der Waals surface area contributed by atoms with Crippen molar-refractivity contribution in [1.29, 1.82) is 0 Å². The molecule has 2 aliphatic heterocycles. The van der Waals surface area contributed by atoms with Crippen molar-refractivity contribution in [1.82, 2.24) is 5.32 Å². The lowest BCUT2D eigenvalue weighted by Gasteiger charge is -2.25. The van der Waals surface area contributed by atoms with Gasteiger partial charge >= 0.3 is 5.97 Å². The van der Waals surface area contributed by atoms with Crippen LogP contribution in [0, 0.1) is 0 Å². The molecule has 2 N–H and O–H groups in total. The first-order chi connectivity index (χ1) is 9.18. The second-order valence-electron chi connectivity index (χ2n) is 5.04. The van der Waals surface area contributed by atoms with Gasteiger partial charge in [0, 0.05) is 12.1 Å². The summed E-state index contributed by atoms with van der Waals surface area (Å²) in [4.78, 5) is 25.4. The Morgan fingerprint density at radius 3 is 2.79 bits per heavy atom. The van der Waals surface area contributed by atoms with Crippen LogP contribution in [0.5, 0.6) is 0 Å². The van der Waals surface area contributed by atoms with E-state index in [1.54, 1.807) is 0 Å². The molecule has 2 atom stereocenters. The highest BCUT2D eigenvalue weighted by atomic mass is 16.4. The second kappa shape index (κ2) is 4.66. The first-order valence-corrected chi connectivity index (χ1v) is 6.55. The maximum absolute atomic E-state index is 12.5. The summed E-state index contributed by atoms with van der Waals surface area (Å²) in [6.45, 7) is 0.823. The van der Waals surface area contributed by atoms with Crippen LogP contribution in [0.1, 0.15) is 18.4 Å². The Bertz CT molecular complexity index is 523. The molecule has 0 unspecified atom stereocenters. The molecular weight excluding hydrogens is 244 g/mol. The minimum absolute atomic E-state index is 0.116. The van der Waals surface area contributed by atoms with E-state index in [0.29, 0.717) is 6.42 Å². The Morgan fingerprint density at radius 2 is 2.11 bits per heavy atom. The third kappa shape index (κ3) is 2.00. The predicted octanol–water partition coefficient (Wildman–Crippen LogP) is 0.781. The van der Waals surface area contributed by atoms with Crippen LogP contribution in [0.25, 0.3) is 0 Å². The van der Waals surface area contributed by atoms with Gasteiger partial charge in [-0.15, -0.1) is 0 Å². The molecular formula is C14H16N2O3. The number of carboxylic acid groups (broad SMARTS) is 1. The molecule has 0 saturated carbocycles. The van der Waals surface area contributed by atoms with E-state index in [9.17, 15) is 14.7 Å². The van der Waals surface area contributed by atoms with Crippen LogP contribution in [0.15, 0.2) is 24.3 Å². The van der Waals surface area contributed by atoms with E-state index in [1.807, 2.05) is 24.3 Å². The lowest BCUT2D eigenvalue weighted by Crippen LogP contribution is -2.50. The van der Waals surface area contributed by atoms with Crippen molar-refractivity contribution in [2.45, 2.75) is 31.3 Å². The van der Waals surface area contributed by atoms with Crippen molar-refractivity contribution in [2.24, 2.45) is 0 Å². The summed E-state index contributed by atoms with van der Waals surface area (Å²) in [5.74, 6) is -1.06. The Balaban J connectivity index is 1.95. The van der Waals surface area contributed by atoms with Crippen molar-refractivity contribution in [3.05, 3.63) is 29.8 Å². The molecule has 100 valence electrons. The van der Waals surface area contributed by atoms with Crippen LogP contribution < -0.4 is 10.2 Å². The summed E-state index contributed by atoms with van der Waals surface area (Å²) >= 11 is 0. The highest BCUT2D eigenvalue weighted by Gasteiger charge is 2.41. The van der Waals surface area contributed by atoms with Gasteiger partial charge in [-0.25, -0.2) is 4.79 Å². The highest BCUT2D eigenvalue weighted by Crippen LogP contribution is 2.33. The number of aliphatic carboxylic acids is 1. The molecule has 2 aliphatic rings. The molecule has 1 saturated heterocycles. The number of hydrogen-bond donors (Lipinski definition) is 2. The number of anilines is 1. The van der Waals surface area contributed by atoms with Crippen LogP contribution in [-0.2, 0) is 16.0 Å². The molecule has 19 heavy (non-hydrogen) atoms. The van der Waals surface area contributed by atoms with Crippen molar-refractivity contribution in [3.8, 4) is 0 Å². The molecule has 5 heteroatoms. The third-order valence-corrected chi connectivity index (χ3v) is 3.86. The second-order valence-corrected chi connectivity index (χ2v) is 5.04. The zero-order valence-corrected chi connectivity index (χ0v) is 10.5. The third-order valence-electron chi connectivity index (χ3n) is 3.86. The molecule has 3 rings (SSSR count). The number of nitrogens with one attached hydrogen (secondary N) is 1. The van der Waals surface area contributed by atoms with E-state index in [1.165, 1.54) is 4.90 Å². The van der Waals surface area contributed by atoms with Gasteiger partial charge in [-0.3, -0.25) is 9.69 Å². The Morgan fingerprint density at radius 1 is 1.32 bits per heavy atom. The van der Waals surface area contributed by atoms with Gasteiger partial charge in [0.1, 0.15) is 6.04 Å². The van der Waals surface area contributed by atoms with Gasteiger partial charge in [-0.05, 0) is 31.0 Å². The van der Waals surface area contributed by atoms with E-state index in [0.717, 1.165) is 30.6 Å². The van der Waals surface area contributed by atoms with Gasteiger partial charge in [0.15, 0.2) is 0 Å². The lowest BCUT2D eigenvalue weighted by atomic mass is 10.1.